The normalized spacial score (nSPS) is 33.5. The maximum atomic E-state index is 12.9. The Morgan fingerprint density at radius 2 is 1.19 bits per heavy atom. The van der Waals surface area contributed by atoms with Gasteiger partial charge in [-0.25, -0.2) is 0 Å². The minimum absolute atomic E-state index is 0.0809. The van der Waals surface area contributed by atoms with Crippen LogP contribution in [0.15, 0.2) is 0 Å². The van der Waals surface area contributed by atoms with Crippen LogP contribution in [0.1, 0.15) is 83.5 Å². The molecule has 0 saturated heterocycles. The van der Waals surface area contributed by atoms with E-state index < -0.39 is 0 Å². The molecule has 2 amide bonds. The summed E-state index contributed by atoms with van der Waals surface area (Å²) < 4.78 is 0. The average Bonchev–Trinajstić information content (AvgIpc) is 2.67. The zero-order valence-corrected chi connectivity index (χ0v) is 19.2. The summed E-state index contributed by atoms with van der Waals surface area (Å²) in [5, 5.41) is 3.39. The predicted octanol–water partition coefficient (Wildman–Crippen LogP) is 3.20. The fourth-order valence-corrected chi connectivity index (χ4v) is 16.3. The standard InChI is InChI=1S/C20H34N2O2Se2/c21-19(23)15-10-4-6-12-17(15)25-26-18-13-7-5-11-16(18)20(24)22-14-8-2-1-3-9-14/h14-18H,1-13H2,(H2,21,23)(H,22,24). The molecule has 4 atom stereocenters. The van der Waals surface area contributed by atoms with Crippen LogP contribution >= 0.6 is 0 Å². The summed E-state index contributed by atoms with van der Waals surface area (Å²) in [6.45, 7) is 0. The van der Waals surface area contributed by atoms with E-state index in [1.807, 2.05) is 0 Å². The molecule has 0 aromatic carbocycles. The molecule has 0 heterocycles. The number of nitrogens with two attached hydrogens (primary N) is 1. The third kappa shape index (κ3) is 5.74. The Morgan fingerprint density at radius 1 is 0.692 bits per heavy atom. The van der Waals surface area contributed by atoms with Crippen LogP contribution in [0.3, 0.4) is 0 Å². The fraction of sp³-hybridized carbons (Fsp3) is 0.900. The van der Waals surface area contributed by atoms with E-state index >= 15 is 0 Å². The second-order valence-corrected chi connectivity index (χ2v) is 15.8. The van der Waals surface area contributed by atoms with E-state index in [0.29, 0.717) is 47.8 Å². The van der Waals surface area contributed by atoms with Crippen LogP contribution in [-0.4, -0.2) is 44.1 Å². The Morgan fingerprint density at radius 3 is 1.81 bits per heavy atom. The first kappa shape index (κ1) is 20.7. The van der Waals surface area contributed by atoms with Crippen LogP contribution in [0.5, 0.6) is 0 Å². The number of rotatable bonds is 6. The van der Waals surface area contributed by atoms with Crippen molar-refractivity contribution < 1.29 is 9.59 Å². The van der Waals surface area contributed by atoms with Gasteiger partial charge in [-0.05, 0) is 0 Å². The number of hydrogen-bond donors (Lipinski definition) is 2. The van der Waals surface area contributed by atoms with Crippen LogP contribution < -0.4 is 11.1 Å². The van der Waals surface area contributed by atoms with Crippen molar-refractivity contribution >= 4 is 38.1 Å². The van der Waals surface area contributed by atoms with Gasteiger partial charge in [0.15, 0.2) is 0 Å². The van der Waals surface area contributed by atoms with E-state index in [0.717, 1.165) is 19.3 Å². The summed E-state index contributed by atoms with van der Waals surface area (Å²) in [5.41, 5.74) is 5.66. The van der Waals surface area contributed by atoms with E-state index in [9.17, 15) is 9.59 Å². The van der Waals surface area contributed by atoms with Crippen LogP contribution in [0.4, 0.5) is 0 Å². The summed E-state index contributed by atoms with van der Waals surface area (Å²) in [6.07, 6.45) is 15.6. The van der Waals surface area contributed by atoms with Gasteiger partial charge in [0.05, 0.1) is 0 Å². The Bertz CT molecular complexity index is 482. The molecule has 0 aromatic rings. The first-order valence-electron chi connectivity index (χ1n) is 10.6. The first-order valence-corrected chi connectivity index (χ1v) is 16.9. The van der Waals surface area contributed by atoms with E-state index in [1.165, 1.54) is 64.2 Å². The van der Waals surface area contributed by atoms with Gasteiger partial charge in [-0.15, -0.1) is 0 Å². The van der Waals surface area contributed by atoms with Gasteiger partial charge in [-0.2, -0.15) is 0 Å². The van der Waals surface area contributed by atoms with Gasteiger partial charge >= 0.3 is 170 Å². The van der Waals surface area contributed by atoms with Crippen molar-refractivity contribution in [3.63, 3.8) is 0 Å². The molecule has 6 heteroatoms. The van der Waals surface area contributed by atoms with Crippen molar-refractivity contribution in [3.05, 3.63) is 0 Å². The number of carbonyl (C=O) groups excluding carboxylic acids is 2. The van der Waals surface area contributed by atoms with E-state index in [4.69, 9.17) is 5.73 Å². The van der Waals surface area contributed by atoms with Gasteiger partial charge in [0.25, 0.3) is 0 Å². The van der Waals surface area contributed by atoms with Crippen molar-refractivity contribution in [1.82, 2.24) is 5.32 Å². The molecule has 26 heavy (non-hydrogen) atoms. The number of nitrogens with one attached hydrogen (secondary N) is 1. The molecule has 3 fully saturated rings. The number of hydrogen-bond acceptors (Lipinski definition) is 2. The van der Waals surface area contributed by atoms with Crippen LogP contribution in [0.25, 0.3) is 0 Å². The molecule has 3 rings (SSSR count). The SMILES string of the molecule is NC(=O)C1CCCCC1[Se][Se]C1CCCCC1C(=O)NC1CCCCC1. The third-order valence-corrected chi connectivity index (χ3v) is 16.6. The van der Waals surface area contributed by atoms with Crippen LogP contribution in [-0.2, 0) is 9.59 Å². The van der Waals surface area contributed by atoms with Crippen molar-refractivity contribution in [2.24, 2.45) is 17.6 Å². The molecule has 0 aliphatic heterocycles. The Hall–Kier alpha value is -0.0210. The van der Waals surface area contributed by atoms with Crippen LogP contribution in [0.2, 0.25) is 9.63 Å². The summed E-state index contributed by atoms with van der Waals surface area (Å²) in [5.74, 6) is 0.615. The molecule has 0 aromatic heterocycles. The second kappa shape index (κ2) is 10.5. The van der Waals surface area contributed by atoms with E-state index in [1.54, 1.807) is 0 Å². The monoisotopic (exact) mass is 494 g/mol. The summed E-state index contributed by atoms with van der Waals surface area (Å²) in [6, 6.07) is 0.425. The molecule has 3 aliphatic carbocycles. The van der Waals surface area contributed by atoms with Crippen molar-refractivity contribution in [1.29, 1.82) is 0 Å². The van der Waals surface area contributed by atoms with Gasteiger partial charge in [-0.1, -0.05) is 0 Å². The number of carbonyl (C=O) groups is 2. The van der Waals surface area contributed by atoms with Crippen molar-refractivity contribution in [2.45, 2.75) is 99.1 Å². The predicted molar refractivity (Wildman–Crippen MR) is 107 cm³/mol. The van der Waals surface area contributed by atoms with Gasteiger partial charge in [0.1, 0.15) is 0 Å². The molecule has 3 saturated carbocycles. The zero-order valence-electron chi connectivity index (χ0n) is 15.8. The fourth-order valence-electron chi connectivity index (χ4n) is 4.75. The topological polar surface area (TPSA) is 72.2 Å². The number of primary amides is 1. The van der Waals surface area contributed by atoms with Gasteiger partial charge in [0.2, 0.25) is 0 Å². The van der Waals surface area contributed by atoms with Crippen LogP contribution in [0, 0.1) is 11.8 Å². The molecular formula is C20H34N2O2Se2. The van der Waals surface area contributed by atoms with Crippen molar-refractivity contribution in [3.8, 4) is 0 Å². The second-order valence-electron chi connectivity index (χ2n) is 8.30. The Balaban J connectivity index is 1.52. The number of amides is 2. The average molecular weight is 492 g/mol. The van der Waals surface area contributed by atoms with Crippen molar-refractivity contribution in [2.75, 3.05) is 0 Å². The molecule has 3 N–H and O–H groups in total. The molecule has 4 unspecified atom stereocenters. The molecule has 0 bridgehead atoms. The van der Waals surface area contributed by atoms with E-state index in [-0.39, 0.29) is 17.7 Å². The summed E-state index contributed by atoms with van der Waals surface area (Å²) in [7, 11) is 0. The van der Waals surface area contributed by atoms with E-state index in [2.05, 4.69) is 5.32 Å². The maximum absolute atomic E-state index is 12.9. The Kier molecular flexibility index (Phi) is 8.36. The molecular weight excluding hydrogens is 458 g/mol. The Labute approximate surface area is 169 Å². The molecule has 3 aliphatic rings. The van der Waals surface area contributed by atoms with Gasteiger partial charge in [-0.3, -0.25) is 0 Å². The molecule has 0 radical (unpaired) electrons. The minimum atomic E-state index is -0.0809. The third-order valence-electron chi connectivity index (χ3n) is 6.36. The summed E-state index contributed by atoms with van der Waals surface area (Å²) in [4.78, 5) is 25.8. The molecule has 0 spiro atoms. The quantitative estimate of drug-likeness (QED) is 0.560. The zero-order chi connectivity index (χ0) is 18.4. The summed E-state index contributed by atoms with van der Waals surface area (Å²) >= 11 is 1.01. The molecule has 148 valence electrons. The first-order chi connectivity index (χ1) is 12.6. The van der Waals surface area contributed by atoms with Gasteiger partial charge in [0, 0.05) is 0 Å². The molecule has 4 nitrogen and oxygen atoms in total. The van der Waals surface area contributed by atoms with Gasteiger partial charge < -0.3 is 0 Å².